The lowest BCUT2D eigenvalue weighted by Gasteiger charge is -2.37. The third-order valence-corrected chi connectivity index (χ3v) is 7.95. The Morgan fingerprint density at radius 3 is 2.29 bits per heavy atom. The molecule has 0 amide bonds. The largest absolute Gasteiger partial charge is 0.315 e. The fourth-order valence-electron chi connectivity index (χ4n) is 3.33. The van der Waals surface area contributed by atoms with Crippen molar-refractivity contribution in [3.63, 3.8) is 0 Å². The number of aromatic amines is 1. The van der Waals surface area contributed by atoms with Crippen molar-refractivity contribution >= 4 is 21.4 Å². The monoisotopic (exact) mass is 331 g/mol. The van der Waals surface area contributed by atoms with E-state index in [1.54, 1.807) is 6.92 Å². The van der Waals surface area contributed by atoms with Gasteiger partial charge in [-0.2, -0.15) is 4.31 Å². The van der Waals surface area contributed by atoms with Crippen LogP contribution in [0.2, 0.25) is 0 Å². The summed E-state index contributed by atoms with van der Waals surface area (Å²) in [6, 6.07) is 0.639. The standard InChI is InChI=1S/C13H21N3O3S2/c1-10-12(20-13(17)14-10)21(18,19)16-8-6-15(7-9-16)11-4-2-3-5-11/h11H,2-9H2,1H3,(H,14,17). The van der Waals surface area contributed by atoms with Crippen molar-refractivity contribution in [2.75, 3.05) is 26.2 Å². The second-order valence-electron chi connectivity index (χ2n) is 5.81. The number of aromatic nitrogens is 1. The van der Waals surface area contributed by atoms with E-state index < -0.39 is 10.0 Å². The Kier molecular flexibility index (Phi) is 4.22. The smallest absolute Gasteiger partial charge is 0.305 e. The summed E-state index contributed by atoms with van der Waals surface area (Å²) in [5.74, 6) is 0. The Labute approximate surface area is 128 Å². The zero-order valence-electron chi connectivity index (χ0n) is 12.2. The molecular formula is C13H21N3O3S2. The molecule has 118 valence electrons. The highest BCUT2D eigenvalue weighted by atomic mass is 32.2. The zero-order chi connectivity index (χ0) is 15.0. The first-order valence-corrected chi connectivity index (χ1v) is 9.68. The van der Waals surface area contributed by atoms with E-state index in [4.69, 9.17) is 0 Å². The van der Waals surface area contributed by atoms with Gasteiger partial charge in [0.15, 0.2) is 4.21 Å². The minimum absolute atomic E-state index is 0.168. The normalized spacial score (nSPS) is 22.9. The number of H-pyrrole nitrogens is 1. The van der Waals surface area contributed by atoms with Gasteiger partial charge in [0.1, 0.15) is 0 Å². The molecule has 3 rings (SSSR count). The van der Waals surface area contributed by atoms with Gasteiger partial charge in [-0.05, 0) is 19.8 Å². The second-order valence-corrected chi connectivity index (χ2v) is 8.92. The van der Waals surface area contributed by atoms with Gasteiger partial charge in [-0.3, -0.25) is 9.69 Å². The van der Waals surface area contributed by atoms with Gasteiger partial charge in [0, 0.05) is 37.9 Å². The number of piperazine rings is 1. The van der Waals surface area contributed by atoms with Gasteiger partial charge in [-0.1, -0.05) is 24.2 Å². The number of hydrogen-bond donors (Lipinski definition) is 1. The van der Waals surface area contributed by atoms with E-state index in [0.717, 1.165) is 24.4 Å². The molecule has 2 fully saturated rings. The van der Waals surface area contributed by atoms with Crippen molar-refractivity contribution in [2.45, 2.75) is 42.9 Å². The molecule has 1 aromatic rings. The molecule has 1 aliphatic heterocycles. The van der Waals surface area contributed by atoms with Gasteiger partial charge in [-0.25, -0.2) is 8.42 Å². The molecule has 0 spiro atoms. The average molecular weight is 331 g/mol. The van der Waals surface area contributed by atoms with E-state index in [-0.39, 0.29) is 9.08 Å². The van der Waals surface area contributed by atoms with E-state index in [1.807, 2.05) is 0 Å². The minimum Gasteiger partial charge on any atom is -0.315 e. The van der Waals surface area contributed by atoms with Crippen LogP contribution in [0.25, 0.3) is 0 Å². The molecule has 8 heteroatoms. The minimum atomic E-state index is -3.52. The molecule has 1 saturated heterocycles. The van der Waals surface area contributed by atoms with Crippen LogP contribution in [0, 0.1) is 6.92 Å². The maximum atomic E-state index is 12.6. The summed E-state index contributed by atoms with van der Waals surface area (Å²) in [6.45, 7) is 4.26. The number of rotatable bonds is 3. The summed E-state index contributed by atoms with van der Waals surface area (Å²) >= 11 is 0.787. The Morgan fingerprint density at radius 1 is 1.14 bits per heavy atom. The van der Waals surface area contributed by atoms with Crippen LogP contribution in [0.3, 0.4) is 0 Å². The van der Waals surface area contributed by atoms with E-state index in [1.165, 1.54) is 30.0 Å². The molecule has 1 aromatic heterocycles. The predicted molar refractivity (Wildman–Crippen MR) is 82.3 cm³/mol. The molecule has 0 atom stereocenters. The predicted octanol–water partition coefficient (Wildman–Crippen LogP) is 0.994. The zero-order valence-corrected chi connectivity index (χ0v) is 13.8. The topological polar surface area (TPSA) is 73.5 Å². The summed E-state index contributed by atoms with van der Waals surface area (Å²) in [5, 5.41) is 0. The average Bonchev–Trinajstić information content (AvgIpc) is 3.09. The number of sulfonamides is 1. The van der Waals surface area contributed by atoms with Crippen molar-refractivity contribution in [2.24, 2.45) is 0 Å². The van der Waals surface area contributed by atoms with Crippen molar-refractivity contribution in [1.29, 1.82) is 0 Å². The highest BCUT2D eigenvalue weighted by Crippen LogP contribution is 2.27. The van der Waals surface area contributed by atoms with Crippen LogP contribution in [0.4, 0.5) is 0 Å². The molecule has 1 saturated carbocycles. The molecule has 0 aromatic carbocycles. The summed E-state index contributed by atoms with van der Waals surface area (Å²) in [5.41, 5.74) is 0.447. The van der Waals surface area contributed by atoms with Crippen molar-refractivity contribution in [1.82, 2.24) is 14.2 Å². The van der Waals surface area contributed by atoms with E-state index >= 15 is 0 Å². The maximum absolute atomic E-state index is 12.6. The summed E-state index contributed by atoms with van der Waals surface area (Å²) < 4.78 is 26.9. The van der Waals surface area contributed by atoms with Crippen molar-refractivity contribution in [3.8, 4) is 0 Å². The summed E-state index contributed by atoms with van der Waals surface area (Å²) in [6.07, 6.45) is 5.07. The molecule has 0 unspecified atom stereocenters. The SMILES string of the molecule is Cc1[nH]c(=O)sc1S(=O)(=O)N1CCN(C2CCCC2)CC1. The van der Waals surface area contributed by atoms with Crippen molar-refractivity contribution in [3.05, 3.63) is 15.4 Å². The first kappa shape index (κ1) is 15.2. The second kappa shape index (κ2) is 5.83. The van der Waals surface area contributed by atoms with Gasteiger partial charge >= 0.3 is 4.87 Å². The van der Waals surface area contributed by atoms with Gasteiger partial charge in [0.2, 0.25) is 0 Å². The van der Waals surface area contributed by atoms with E-state index in [0.29, 0.717) is 24.8 Å². The first-order valence-electron chi connectivity index (χ1n) is 7.42. The molecule has 1 N–H and O–H groups in total. The summed E-state index contributed by atoms with van der Waals surface area (Å²) in [7, 11) is -3.52. The Morgan fingerprint density at radius 2 is 1.76 bits per heavy atom. The van der Waals surface area contributed by atoms with Gasteiger partial charge in [0.25, 0.3) is 10.0 Å². The molecule has 2 heterocycles. The molecule has 6 nitrogen and oxygen atoms in total. The van der Waals surface area contributed by atoms with Gasteiger partial charge in [-0.15, -0.1) is 0 Å². The lowest BCUT2D eigenvalue weighted by atomic mass is 10.2. The Balaban J connectivity index is 1.71. The van der Waals surface area contributed by atoms with Crippen LogP contribution in [-0.2, 0) is 10.0 Å². The lowest BCUT2D eigenvalue weighted by Crippen LogP contribution is -2.51. The fraction of sp³-hybridized carbons (Fsp3) is 0.769. The quantitative estimate of drug-likeness (QED) is 0.896. The molecular weight excluding hydrogens is 310 g/mol. The molecule has 21 heavy (non-hydrogen) atoms. The molecule has 2 aliphatic rings. The number of nitrogens with zero attached hydrogens (tertiary/aromatic N) is 2. The highest BCUT2D eigenvalue weighted by molar-refractivity contribution is 7.91. The van der Waals surface area contributed by atoms with Crippen LogP contribution in [-0.4, -0.2) is 54.8 Å². The van der Waals surface area contributed by atoms with Gasteiger partial charge in [0.05, 0.1) is 0 Å². The Bertz CT molecular complexity index is 650. The maximum Gasteiger partial charge on any atom is 0.305 e. The Hall–Kier alpha value is -0.700. The third kappa shape index (κ3) is 2.94. The van der Waals surface area contributed by atoms with E-state index in [9.17, 15) is 13.2 Å². The number of thiazole rings is 1. The van der Waals surface area contributed by atoms with Crippen LogP contribution in [0.15, 0.2) is 9.00 Å². The number of hydrogen-bond acceptors (Lipinski definition) is 5. The summed E-state index contributed by atoms with van der Waals surface area (Å²) in [4.78, 5) is 16.0. The van der Waals surface area contributed by atoms with Crippen LogP contribution in [0.1, 0.15) is 31.4 Å². The third-order valence-electron chi connectivity index (χ3n) is 4.47. The number of aryl methyl sites for hydroxylation is 1. The van der Waals surface area contributed by atoms with Crippen LogP contribution < -0.4 is 4.87 Å². The lowest BCUT2D eigenvalue weighted by molar-refractivity contribution is 0.139. The molecule has 1 aliphatic carbocycles. The first-order chi connectivity index (χ1) is 9.98. The molecule has 0 radical (unpaired) electrons. The van der Waals surface area contributed by atoms with Crippen molar-refractivity contribution < 1.29 is 8.42 Å². The highest BCUT2D eigenvalue weighted by Gasteiger charge is 2.33. The number of nitrogens with one attached hydrogen (secondary N) is 1. The van der Waals surface area contributed by atoms with E-state index in [2.05, 4.69) is 9.88 Å². The fourth-order valence-corrected chi connectivity index (χ4v) is 6.19. The van der Waals surface area contributed by atoms with Crippen LogP contribution >= 0.6 is 11.3 Å². The van der Waals surface area contributed by atoms with Gasteiger partial charge < -0.3 is 4.98 Å². The van der Waals surface area contributed by atoms with Crippen LogP contribution in [0.5, 0.6) is 0 Å². The molecule has 0 bridgehead atoms.